The molecule has 0 aliphatic carbocycles. The maximum absolute atomic E-state index is 10.8. The lowest BCUT2D eigenvalue weighted by Gasteiger charge is -2.09. The molecule has 3 nitrogen and oxygen atoms in total. The third-order valence-corrected chi connectivity index (χ3v) is 2.82. The van der Waals surface area contributed by atoms with Crippen molar-refractivity contribution in [2.75, 3.05) is 5.32 Å². The summed E-state index contributed by atoms with van der Waals surface area (Å²) in [5.74, 6) is -0.196. The number of aliphatic hydroxyl groups is 1. The summed E-state index contributed by atoms with van der Waals surface area (Å²) >= 11 is 9.08. The Balaban J connectivity index is 3.13. The monoisotopic (exact) mass is 277 g/mol. The van der Waals surface area contributed by atoms with Gasteiger partial charge in [0.2, 0.25) is 5.91 Å². The molecule has 1 amide bonds. The standard InChI is InChI=1S/C9H9BrClNO2/c1-5(14)12-9-3-8(11)7(10)2-6(9)4-13/h2-3,13H,4H2,1H3,(H,12,14). The Kier molecular flexibility index (Phi) is 3.92. The Morgan fingerprint density at radius 2 is 2.29 bits per heavy atom. The van der Waals surface area contributed by atoms with Gasteiger partial charge in [-0.3, -0.25) is 4.79 Å². The Hall–Kier alpha value is -0.580. The molecule has 1 aromatic carbocycles. The molecule has 0 atom stereocenters. The van der Waals surface area contributed by atoms with Crippen LogP contribution < -0.4 is 5.32 Å². The average Bonchev–Trinajstić information content (AvgIpc) is 2.10. The van der Waals surface area contributed by atoms with Gasteiger partial charge < -0.3 is 10.4 Å². The van der Waals surface area contributed by atoms with Crippen LogP contribution in [0.3, 0.4) is 0 Å². The van der Waals surface area contributed by atoms with Crippen LogP contribution in [0, 0.1) is 0 Å². The van der Waals surface area contributed by atoms with Gasteiger partial charge in [0, 0.05) is 22.6 Å². The predicted octanol–water partition coefficient (Wildman–Crippen LogP) is 2.55. The minimum atomic E-state index is -0.196. The van der Waals surface area contributed by atoms with E-state index in [-0.39, 0.29) is 12.5 Å². The van der Waals surface area contributed by atoms with E-state index in [0.717, 1.165) is 0 Å². The topological polar surface area (TPSA) is 49.3 Å². The molecule has 2 N–H and O–H groups in total. The number of carbonyl (C=O) groups is 1. The van der Waals surface area contributed by atoms with Crippen molar-refractivity contribution in [3.63, 3.8) is 0 Å². The van der Waals surface area contributed by atoms with E-state index >= 15 is 0 Å². The fourth-order valence-electron chi connectivity index (χ4n) is 1.02. The first-order valence-electron chi connectivity index (χ1n) is 3.91. The lowest BCUT2D eigenvalue weighted by atomic mass is 10.2. The molecule has 14 heavy (non-hydrogen) atoms. The Morgan fingerprint density at radius 1 is 1.64 bits per heavy atom. The maximum Gasteiger partial charge on any atom is 0.221 e. The van der Waals surface area contributed by atoms with Gasteiger partial charge in [-0.2, -0.15) is 0 Å². The highest BCUT2D eigenvalue weighted by Gasteiger charge is 2.07. The number of hydrogen-bond acceptors (Lipinski definition) is 2. The van der Waals surface area contributed by atoms with Crippen molar-refractivity contribution >= 4 is 39.1 Å². The van der Waals surface area contributed by atoms with Gasteiger partial charge >= 0.3 is 0 Å². The largest absolute Gasteiger partial charge is 0.392 e. The minimum absolute atomic E-state index is 0.147. The molecule has 76 valence electrons. The maximum atomic E-state index is 10.8. The summed E-state index contributed by atoms with van der Waals surface area (Å²) in [4.78, 5) is 10.8. The third kappa shape index (κ3) is 2.70. The number of halogens is 2. The highest BCUT2D eigenvalue weighted by molar-refractivity contribution is 9.10. The van der Waals surface area contributed by atoms with Crippen LogP contribution in [-0.4, -0.2) is 11.0 Å². The van der Waals surface area contributed by atoms with Crippen LogP contribution in [0.4, 0.5) is 5.69 Å². The van der Waals surface area contributed by atoms with E-state index in [9.17, 15) is 4.79 Å². The summed E-state index contributed by atoms with van der Waals surface area (Å²) in [5, 5.41) is 12.1. The van der Waals surface area contributed by atoms with Crippen molar-refractivity contribution in [2.45, 2.75) is 13.5 Å². The molecule has 0 unspecified atom stereocenters. The molecule has 0 heterocycles. The first kappa shape index (κ1) is 11.5. The van der Waals surface area contributed by atoms with Crippen LogP contribution in [0.1, 0.15) is 12.5 Å². The molecule has 0 aliphatic heterocycles. The van der Waals surface area contributed by atoms with Crippen LogP contribution >= 0.6 is 27.5 Å². The number of carbonyl (C=O) groups excluding carboxylic acids is 1. The highest BCUT2D eigenvalue weighted by atomic mass is 79.9. The number of rotatable bonds is 2. The zero-order valence-corrected chi connectivity index (χ0v) is 9.82. The van der Waals surface area contributed by atoms with Gasteiger partial charge in [0.15, 0.2) is 0 Å². The van der Waals surface area contributed by atoms with E-state index in [2.05, 4.69) is 21.2 Å². The summed E-state index contributed by atoms with van der Waals surface area (Å²) < 4.78 is 0.692. The van der Waals surface area contributed by atoms with Crippen LogP contribution in [0.5, 0.6) is 0 Å². The van der Waals surface area contributed by atoms with Crippen molar-refractivity contribution in [1.82, 2.24) is 0 Å². The first-order chi connectivity index (χ1) is 6.54. The number of benzene rings is 1. The zero-order valence-electron chi connectivity index (χ0n) is 7.47. The van der Waals surface area contributed by atoms with Crippen molar-refractivity contribution in [3.05, 3.63) is 27.2 Å². The molecule has 0 fully saturated rings. The first-order valence-corrected chi connectivity index (χ1v) is 5.08. The van der Waals surface area contributed by atoms with Gasteiger partial charge in [-0.25, -0.2) is 0 Å². The zero-order chi connectivity index (χ0) is 10.7. The molecule has 1 rings (SSSR count). The molecule has 0 spiro atoms. The molecule has 0 aliphatic rings. The fraction of sp³-hybridized carbons (Fsp3) is 0.222. The lowest BCUT2D eigenvalue weighted by molar-refractivity contribution is -0.114. The molecule has 0 saturated carbocycles. The molecule has 0 saturated heterocycles. The number of amides is 1. The quantitative estimate of drug-likeness (QED) is 0.873. The summed E-state index contributed by atoms with van der Waals surface area (Å²) in [5.41, 5.74) is 1.16. The van der Waals surface area contributed by atoms with E-state index in [1.54, 1.807) is 12.1 Å². The second-order valence-corrected chi connectivity index (χ2v) is 4.02. The van der Waals surface area contributed by atoms with E-state index < -0.39 is 0 Å². The van der Waals surface area contributed by atoms with E-state index in [4.69, 9.17) is 16.7 Å². The van der Waals surface area contributed by atoms with Crippen LogP contribution in [0.15, 0.2) is 16.6 Å². The van der Waals surface area contributed by atoms with E-state index in [1.807, 2.05) is 0 Å². The van der Waals surface area contributed by atoms with Crippen LogP contribution in [0.2, 0.25) is 5.02 Å². The SMILES string of the molecule is CC(=O)Nc1cc(Cl)c(Br)cc1CO. The van der Waals surface area contributed by atoms with Gasteiger partial charge in [-0.1, -0.05) is 11.6 Å². The molecular formula is C9H9BrClNO2. The minimum Gasteiger partial charge on any atom is -0.392 e. The Morgan fingerprint density at radius 3 is 2.79 bits per heavy atom. The highest BCUT2D eigenvalue weighted by Crippen LogP contribution is 2.29. The normalized spacial score (nSPS) is 10.0. The van der Waals surface area contributed by atoms with Crippen molar-refractivity contribution in [3.8, 4) is 0 Å². The van der Waals surface area contributed by atoms with E-state index in [1.165, 1.54) is 6.92 Å². The van der Waals surface area contributed by atoms with Gasteiger partial charge in [0.05, 0.1) is 11.6 Å². The van der Waals surface area contributed by atoms with Crippen molar-refractivity contribution in [1.29, 1.82) is 0 Å². The van der Waals surface area contributed by atoms with Gasteiger partial charge in [0.1, 0.15) is 0 Å². The van der Waals surface area contributed by atoms with Crippen LogP contribution in [0.25, 0.3) is 0 Å². The number of aliphatic hydroxyl groups excluding tert-OH is 1. The van der Waals surface area contributed by atoms with Crippen LogP contribution in [-0.2, 0) is 11.4 Å². The van der Waals surface area contributed by atoms with Crippen molar-refractivity contribution < 1.29 is 9.90 Å². The summed E-state index contributed by atoms with van der Waals surface area (Å²) in [6, 6.07) is 3.27. The second kappa shape index (κ2) is 4.77. The van der Waals surface area contributed by atoms with Gasteiger partial charge in [-0.15, -0.1) is 0 Å². The second-order valence-electron chi connectivity index (χ2n) is 2.76. The molecular weight excluding hydrogens is 269 g/mol. The Bertz CT molecular complexity index is 368. The average molecular weight is 279 g/mol. The summed E-state index contributed by atoms with van der Waals surface area (Å²) in [6.07, 6.45) is 0. The molecule has 0 radical (unpaired) electrons. The summed E-state index contributed by atoms with van der Waals surface area (Å²) in [6.45, 7) is 1.25. The van der Waals surface area contributed by atoms with Gasteiger partial charge in [-0.05, 0) is 28.1 Å². The molecule has 0 bridgehead atoms. The number of anilines is 1. The molecule has 0 aromatic heterocycles. The van der Waals surface area contributed by atoms with Crippen molar-refractivity contribution in [2.24, 2.45) is 0 Å². The predicted molar refractivity (Wildman–Crippen MR) is 59.4 cm³/mol. The van der Waals surface area contributed by atoms with Gasteiger partial charge in [0.25, 0.3) is 0 Å². The molecule has 1 aromatic rings. The Labute approximate surface area is 95.2 Å². The lowest BCUT2D eigenvalue weighted by Crippen LogP contribution is -2.08. The molecule has 5 heteroatoms. The number of hydrogen-bond donors (Lipinski definition) is 2. The smallest absolute Gasteiger partial charge is 0.221 e. The fourth-order valence-corrected chi connectivity index (χ4v) is 1.58. The van der Waals surface area contributed by atoms with E-state index in [0.29, 0.717) is 20.7 Å². The third-order valence-electron chi connectivity index (χ3n) is 1.63. The summed E-state index contributed by atoms with van der Waals surface area (Å²) in [7, 11) is 0. The number of nitrogens with one attached hydrogen (secondary N) is 1.